The molecule has 0 fully saturated rings. The van der Waals surface area contributed by atoms with Crippen LogP contribution >= 0.6 is 11.6 Å². The van der Waals surface area contributed by atoms with E-state index in [-0.39, 0.29) is 11.9 Å². The molecule has 0 radical (unpaired) electrons. The number of halogens is 2. The van der Waals surface area contributed by atoms with Gasteiger partial charge < -0.3 is 10.1 Å². The van der Waals surface area contributed by atoms with Gasteiger partial charge in [-0.1, -0.05) is 36.7 Å². The number of imidazole rings is 1. The minimum absolute atomic E-state index is 0.0248. The number of hydrogen-bond acceptors (Lipinski definition) is 5. The standard InChI is InChI=1S/C29H26ClFN6O/c1-2-14-32-29-33-15-13-24(35-29)27-26(18-7-9-20(31)10-8-18)36-25-12-11-21(37(25)27)17-38-28-22(30)16-19-5-3-4-6-23(19)34-28/h3-10,13,15-16,21H,2,11-12,14,17H2,1H3,(H,32,33,35)/p+1. The molecule has 1 unspecified atom stereocenters. The first-order chi connectivity index (χ1) is 18.6. The van der Waals surface area contributed by atoms with E-state index in [4.69, 9.17) is 21.3 Å². The Morgan fingerprint density at radius 3 is 2.82 bits per heavy atom. The van der Waals surface area contributed by atoms with E-state index in [1.165, 1.54) is 12.1 Å². The number of benzene rings is 2. The number of aromatic nitrogens is 5. The lowest BCUT2D eigenvalue weighted by molar-refractivity contribution is -0.705. The predicted molar refractivity (Wildman–Crippen MR) is 146 cm³/mol. The van der Waals surface area contributed by atoms with Gasteiger partial charge in [-0.05, 0) is 48.9 Å². The molecule has 2 N–H and O–H groups in total. The van der Waals surface area contributed by atoms with Gasteiger partial charge in [0.15, 0.2) is 5.69 Å². The molecule has 2 aromatic carbocycles. The van der Waals surface area contributed by atoms with Gasteiger partial charge in [0.25, 0.3) is 5.82 Å². The van der Waals surface area contributed by atoms with Crippen molar-refractivity contribution in [3.05, 3.63) is 83.5 Å². The van der Waals surface area contributed by atoms with Crippen molar-refractivity contribution in [3.63, 3.8) is 0 Å². The Hall–Kier alpha value is -4.04. The first-order valence-electron chi connectivity index (χ1n) is 12.8. The number of fused-ring (bicyclic) bond motifs is 2. The minimum atomic E-state index is -0.277. The van der Waals surface area contributed by atoms with Crippen molar-refractivity contribution < 1.29 is 13.7 Å². The highest BCUT2D eigenvalue weighted by Crippen LogP contribution is 2.34. The Labute approximate surface area is 224 Å². The molecule has 0 amide bonds. The first kappa shape index (κ1) is 24.3. The molecular weight excluding hydrogens is 503 g/mol. The third-order valence-electron chi connectivity index (χ3n) is 6.74. The fourth-order valence-corrected chi connectivity index (χ4v) is 5.15. The molecule has 9 heteroatoms. The average molecular weight is 530 g/mol. The van der Waals surface area contributed by atoms with Crippen LogP contribution in [0.4, 0.5) is 10.3 Å². The number of H-pyrrole nitrogens is 1. The summed E-state index contributed by atoms with van der Waals surface area (Å²) in [6.45, 7) is 3.27. The molecule has 0 bridgehead atoms. The Balaban J connectivity index is 1.38. The largest absolute Gasteiger partial charge is 0.472 e. The number of rotatable bonds is 8. The van der Waals surface area contributed by atoms with Gasteiger partial charge in [0.1, 0.15) is 29.2 Å². The third kappa shape index (κ3) is 4.67. The number of ether oxygens (including phenoxy) is 1. The molecule has 38 heavy (non-hydrogen) atoms. The maximum absolute atomic E-state index is 13.7. The van der Waals surface area contributed by atoms with Gasteiger partial charge in [-0.25, -0.2) is 28.9 Å². The van der Waals surface area contributed by atoms with Gasteiger partial charge >= 0.3 is 0 Å². The van der Waals surface area contributed by atoms with Crippen LogP contribution in [-0.2, 0) is 6.42 Å². The summed E-state index contributed by atoms with van der Waals surface area (Å²) in [6.07, 6.45) is 4.45. The zero-order chi connectivity index (χ0) is 26.1. The number of aromatic amines is 1. The molecule has 1 atom stereocenters. The van der Waals surface area contributed by atoms with Gasteiger partial charge in [-0.15, -0.1) is 0 Å². The van der Waals surface area contributed by atoms with Gasteiger partial charge in [0, 0.05) is 30.1 Å². The summed E-state index contributed by atoms with van der Waals surface area (Å²) >= 11 is 6.52. The monoisotopic (exact) mass is 529 g/mol. The first-order valence-corrected chi connectivity index (χ1v) is 13.2. The summed E-state index contributed by atoms with van der Waals surface area (Å²) < 4.78 is 22.2. The van der Waals surface area contributed by atoms with Gasteiger partial charge in [0.05, 0.1) is 11.9 Å². The van der Waals surface area contributed by atoms with E-state index in [2.05, 4.69) is 31.8 Å². The molecular formula is C29H27ClFN6O+. The lowest BCUT2D eigenvalue weighted by atomic mass is 10.1. The maximum atomic E-state index is 13.7. The second-order valence-corrected chi connectivity index (χ2v) is 9.74. The minimum Gasteiger partial charge on any atom is -0.472 e. The fraction of sp³-hybridized carbons (Fsp3) is 0.241. The molecule has 1 aliphatic heterocycles. The number of nitrogens with one attached hydrogen (secondary N) is 2. The van der Waals surface area contributed by atoms with Crippen LogP contribution < -0.4 is 14.6 Å². The second kappa shape index (κ2) is 10.4. The molecule has 0 aliphatic carbocycles. The van der Waals surface area contributed by atoms with E-state index in [1.807, 2.05) is 36.4 Å². The van der Waals surface area contributed by atoms with Crippen molar-refractivity contribution in [2.75, 3.05) is 18.5 Å². The lowest BCUT2D eigenvalue weighted by Gasteiger charge is -2.14. The van der Waals surface area contributed by atoms with Gasteiger partial charge in [-0.2, -0.15) is 0 Å². The number of nitrogens with zero attached hydrogens (tertiary/aromatic N) is 4. The number of hydrogen-bond donors (Lipinski definition) is 2. The molecule has 0 spiro atoms. The van der Waals surface area contributed by atoms with Crippen LogP contribution in [0.5, 0.6) is 5.88 Å². The molecule has 3 aromatic heterocycles. The van der Waals surface area contributed by atoms with E-state index < -0.39 is 0 Å². The molecule has 7 nitrogen and oxygen atoms in total. The van der Waals surface area contributed by atoms with Crippen LogP contribution in [0.2, 0.25) is 5.02 Å². The molecule has 192 valence electrons. The van der Waals surface area contributed by atoms with Crippen LogP contribution in [0.3, 0.4) is 0 Å². The summed E-state index contributed by atoms with van der Waals surface area (Å²) in [7, 11) is 0. The SMILES string of the molecule is CCCNc1nccc(-c2c(-c3ccc(F)cc3)[nH]c3[n+]2C(COc2nc4ccccc4cc2Cl)CC3)n1. The maximum Gasteiger partial charge on any atom is 0.255 e. The number of para-hydroxylation sites is 1. The van der Waals surface area contributed by atoms with Gasteiger partial charge in [0.2, 0.25) is 17.5 Å². The van der Waals surface area contributed by atoms with Crippen molar-refractivity contribution >= 4 is 28.5 Å². The average Bonchev–Trinajstić information content (AvgIpc) is 3.51. The molecule has 1 aliphatic rings. The topological polar surface area (TPSA) is 79.6 Å². The van der Waals surface area contributed by atoms with Crippen molar-refractivity contribution in [1.29, 1.82) is 0 Å². The van der Waals surface area contributed by atoms with Crippen LogP contribution in [0.15, 0.2) is 66.9 Å². The second-order valence-electron chi connectivity index (χ2n) is 9.34. The molecule has 5 aromatic rings. The number of pyridine rings is 1. The van der Waals surface area contributed by atoms with Crippen molar-refractivity contribution in [2.45, 2.75) is 32.2 Å². The Bertz CT molecular complexity index is 1600. The van der Waals surface area contributed by atoms with E-state index in [0.29, 0.717) is 23.5 Å². The zero-order valence-corrected chi connectivity index (χ0v) is 21.7. The normalized spacial score (nSPS) is 14.6. The summed E-state index contributed by atoms with van der Waals surface area (Å²) in [5.74, 6) is 1.78. The summed E-state index contributed by atoms with van der Waals surface area (Å²) in [5, 5.41) is 4.72. The summed E-state index contributed by atoms with van der Waals surface area (Å²) in [4.78, 5) is 17.4. The zero-order valence-electron chi connectivity index (χ0n) is 20.9. The number of anilines is 1. The Morgan fingerprint density at radius 1 is 1.13 bits per heavy atom. The molecule has 4 heterocycles. The Kier molecular flexibility index (Phi) is 6.64. The fourth-order valence-electron chi connectivity index (χ4n) is 4.93. The highest BCUT2D eigenvalue weighted by molar-refractivity contribution is 6.32. The molecule has 6 rings (SSSR count). The van der Waals surface area contributed by atoms with E-state index in [9.17, 15) is 4.39 Å². The molecule has 0 saturated heterocycles. The van der Waals surface area contributed by atoms with Crippen molar-refractivity contribution in [3.8, 4) is 28.5 Å². The summed E-state index contributed by atoms with van der Waals surface area (Å²) in [5.41, 5.74) is 4.28. The van der Waals surface area contributed by atoms with Crippen LogP contribution in [-0.4, -0.2) is 33.1 Å². The van der Waals surface area contributed by atoms with E-state index in [0.717, 1.165) is 65.2 Å². The summed E-state index contributed by atoms with van der Waals surface area (Å²) in [6, 6.07) is 18.1. The Morgan fingerprint density at radius 2 is 1.97 bits per heavy atom. The van der Waals surface area contributed by atoms with E-state index >= 15 is 0 Å². The highest BCUT2D eigenvalue weighted by Gasteiger charge is 2.38. The van der Waals surface area contributed by atoms with Gasteiger partial charge in [-0.3, -0.25) is 0 Å². The molecule has 0 saturated carbocycles. The highest BCUT2D eigenvalue weighted by atomic mass is 35.5. The van der Waals surface area contributed by atoms with Crippen LogP contribution in [0.25, 0.3) is 33.5 Å². The van der Waals surface area contributed by atoms with Crippen molar-refractivity contribution in [1.82, 2.24) is 19.9 Å². The number of aryl methyl sites for hydroxylation is 1. The quantitative estimate of drug-likeness (QED) is 0.235. The third-order valence-corrected chi connectivity index (χ3v) is 7.01. The lowest BCUT2D eigenvalue weighted by Crippen LogP contribution is -2.41. The smallest absolute Gasteiger partial charge is 0.255 e. The van der Waals surface area contributed by atoms with Crippen LogP contribution in [0, 0.1) is 5.82 Å². The van der Waals surface area contributed by atoms with E-state index in [1.54, 1.807) is 18.3 Å². The van der Waals surface area contributed by atoms with Crippen LogP contribution in [0.1, 0.15) is 31.6 Å². The van der Waals surface area contributed by atoms with Crippen molar-refractivity contribution in [2.24, 2.45) is 0 Å². The predicted octanol–water partition coefficient (Wildman–Crippen LogP) is 6.16.